The Morgan fingerprint density at radius 2 is 1.00 bits per heavy atom. The number of furan rings is 1. The minimum atomic E-state index is 0.875. The predicted molar refractivity (Wildman–Crippen MR) is 241 cm³/mol. The molecule has 1 aromatic heterocycles. The molecule has 0 spiro atoms. The molecule has 0 unspecified atom stereocenters. The fourth-order valence-corrected chi connectivity index (χ4v) is 10.3. The van der Waals surface area contributed by atoms with E-state index in [0.717, 1.165) is 39.0 Å². The van der Waals surface area contributed by atoms with Crippen LogP contribution in [0, 0.1) is 0 Å². The van der Waals surface area contributed by atoms with Gasteiger partial charge in [-0.25, -0.2) is 0 Å². The van der Waals surface area contributed by atoms with Crippen molar-refractivity contribution >= 4 is 83.1 Å². The maximum Gasteiger partial charge on any atom is 0.143 e. The lowest BCUT2D eigenvalue weighted by molar-refractivity contribution is 0.673. The van der Waals surface area contributed by atoms with Gasteiger partial charge in [-0.15, -0.1) is 0 Å². The summed E-state index contributed by atoms with van der Waals surface area (Å²) in [6.45, 7) is 0. The number of anilines is 3. The molecule has 0 saturated carbocycles. The number of nitrogens with zero attached hydrogens (tertiary/aromatic N) is 1. The molecule has 3 heteroatoms. The molecule has 0 saturated heterocycles. The summed E-state index contributed by atoms with van der Waals surface area (Å²) in [6.07, 6.45) is 0. The highest BCUT2D eigenvalue weighted by atomic mass is 32.2. The van der Waals surface area contributed by atoms with Crippen molar-refractivity contribution in [2.75, 3.05) is 4.90 Å². The highest BCUT2D eigenvalue weighted by Crippen LogP contribution is 2.51. The third kappa shape index (κ3) is 5.06. The summed E-state index contributed by atoms with van der Waals surface area (Å²) in [5, 5.41) is 9.74. The summed E-state index contributed by atoms with van der Waals surface area (Å²) < 4.78 is 6.80. The number of hydrogen-bond acceptors (Lipinski definition) is 3. The van der Waals surface area contributed by atoms with E-state index in [2.05, 4.69) is 205 Å². The van der Waals surface area contributed by atoms with Gasteiger partial charge in [0.25, 0.3) is 0 Å². The minimum Gasteiger partial charge on any atom is -0.455 e. The summed E-state index contributed by atoms with van der Waals surface area (Å²) in [6, 6.07) is 72.5. The van der Waals surface area contributed by atoms with E-state index < -0.39 is 0 Å². The van der Waals surface area contributed by atoms with Gasteiger partial charge in [-0.2, -0.15) is 0 Å². The molecule has 0 radical (unpaired) electrons. The van der Waals surface area contributed by atoms with E-state index in [1.165, 1.54) is 75.5 Å². The first kappa shape index (κ1) is 32.2. The number of para-hydroxylation sites is 1. The van der Waals surface area contributed by atoms with Gasteiger partial charge >= 0.3 is 0 Å². The molecule has 0 atom stereocenters. The lowest BCUT2D eigenvalue weighted by Gasteiger charge is -2.25. The first-order chi connectivity index (χ1) is 28.3. The summed E-state index contributed by atoms with van der Waals surface area (Å²) in [5.74, 6) is 0. The Hall–Kier alpha value is -7.07. The first-order valence-electron chi connectivity index (χ1n) is 19.4. The minimum absolute atomic E-state index is 0.875. The predicted octanol–water partition coefficient (Wildman–Crippen LogP) is 16.0. The lowest BCUT2D eigenvalue weighted by Crippen LogP contribution is -2.09. The Morgan fingerprint density at radius 1 is 0.368 bits per heavy atom. The van der Waals surface area contributed by atoms with Crippen molar-refractivity contribution in [1.82, 2.24) is 0 Å². The zero-order valence-corrected chi connectivity index (χ0v) is 31.6. The van der Waals surface area contributed by atoms with Crippen molar-refractivity contribution in [3.63, 3.8) is 0 Å². The Labute approximate surface area is 334 Å². The van der Waals surface area contributed by atoms with Gasteiger partial charge in [-0.3, -0.25) is 0 Å². The van der Waals surface area contributed by atoms with Crippen LogP contribution in [-0.2, 0) is 0 Å². The van der Waals surface area contributed by atoms with Gasteiger partial charge in [0.05, 0.1) is 0 Å². The Kier molecular flexibility index (Phi) is 7.20. The fourth-order valence-electron chi connectivity index (χ4n) is 9.04. The molecule has 11 aromatic rings. The molecule has 57 heavy (non-hydrogen) atoms. The maximum atomic E-state index is 6.80. The van der Waals surface area contributed by atoms with Crippen LogP contribution in [0.5, 0.6) is 0 Å². The first-order valence-corrected chi connectivity index (χ1v) is 20.2. The van der Waals surface area contributed by atoms with Crippen LogP contribution in [0.25, 0.3) is 87.6 Å². The van der Waals surface area contributed by atoms with Gasteiger partial charge in [0, 0.05) is 54.5 Å². The van der Waals surface area contributed by atoms with E-state index >= 15 is 0 Å². The Balaban J connectivity index is 0.937. The van der Waals surface area contributed by atoms with E-state index in [-0.39, 0.29) is 0 Å². The van der Waals surface area contributed by atoms with Crippen LogP contribution in [0.4, 0.5) is 17.1 Å². The molecule has 0 N–H and O–H groups in total. The Bertz CT molecular complexity index is 3380. The summed E-state index contributed by atoms with van der Waals surface area (Å²) in [5.41, 5.74) is 12.5. The second-order valence-electron chi connectivity index (χ2n) is 14.8. The van der Waals surface area contributed by atoms with E-state index in [1.54, 1.807) is 0 Å². The SMILES string of the molecule is c1ccc(N(c2ccc(-c3cccc(-c4cccc5c4Sc4cccc6cccc-5c46)c3)cc2)c2ccc3c(c2)oc2c4ccccc4c4ccccc4c32)cc1. The Morgan fingerprint density at radius 3 is 1.84 bits per heavy atom. The molecule has 2 heterocycles. The molecule has 12 rings (SSSR count). The van der Waals surface area contributed by atoms with Crippen molar-refractivity contribution in [3.05, 3.63) is 200 Å². The van der Waals surface area contributed by atoms with Crippen LogP contribution in [-0.4, -0.2) is 0 Å². The smallest absolute Gasteiger partial charge is 0.143 e. The summed E-state index contributed by atoms with van der Waals surface area (Å²) in [4.78, 5) is 4.95. The lowest BCUT2D eigenvalue weighted by atomic mass is 9.93. The zero-order valence-electron chi connectivity index (χ0n) is 30.8. The number of hydrogen-bond donors (Lipinski definition) is 0. The number of fused-ring (bicyclic) bond motifs is 10. The van der Waals surface area contributed by atoms with E-state index in [0.29, 0.717) is 0 Å². The molecule has 2 nitrogen and oxygen atoms in total. The normalized spacial score (nSPS) is 12.1. The third-order valence-corrected chi connectivity index (χ3v) is 12.8. The molecule has 266 valence electrons. The molecule has 10 aromatic carbocycles. The molecule has 0 fully saturated rings. The zero-order chi connectivity index (χ0) is 37.5. The quantitative estimate of drug-likeness (QED) is 0.163. The van der Waals surface area contributed by atoms with Crippen molar-refractivity contribution in [1.29, 1.82) is 0 Å². The summed E-state index contributed by atoms with van der Waals surface area (Å²) >= 11 is 1.89. The van der Waals surface area contributed by atoms with Crippen LogP contribution >= 0.6 is 11.8 Å². The van der Waals surface area contributed by atoms with Crippen LogP contribution in [0.15, 0.2) is 214 Å². The van der Waals surface area contributed by atoms with Crippen molar-refractivity contribution in [3.8, 4) is 33.4 Å². The summed E-state index contributed by atoms with van der Waals surface area (Å²) in [7, 11) is 0. The second-order valence-corrected chi connectivity index (χ2v) is 15.9. The van der Waals surface area contributed by atoms with E-state index in [4.69, 9.17) is 4.42 Å². The van der Waals surface area contributed by atoms with Crippen molar-refractivity contribution in [2.24, 2.45) is 0 Å². The van der Waals surface area contributed by atoms with Gasteiger partial charge in [-0.05, 0) is 103 Å². The average molecular weight is 744 g/mol. The van der Waals surface area contributed by atoms with Gasteiger partial charge < -0.3 is 9.32 Å². The van der Waals surface area contributed by atoms with Crippen molar-refractivity contribution in [2.45, 2.75) is 9.79 Å². The molecular weight excluding hydrogens is 711 g/mol. The fraction of sp³-hybridized carbons (Fsp3) is 0. The van der Waals surface area contributed by atoms with Gasteiger partial charge in [0.2, 0.25) is 0 Å². The van der Waals surface area contributed by atoms with E-state index in [9.17, 15) is 0 Å². The second kappa shape index (κ2) is 12.7. The van der Waals surface area contributed by atoms with Crippen molar-refractivity contribution < 1.29 is 4.42 Å². The monoisotopic (exact) mass is 743 g/mol. The molecule has 0 amide bonds. The van der Waals surface area contributed by atoms with Crippen LogP contribution in [0.2, 0.25) is 0 Å². The van der Waals surface area contributed by atoms with Gasteiger partial charge in [0.15, 0.2) is 0 Å². The molecule has 1 aliphatic heterocycles. The van der Waals surface area contributed by atoms with E-state index in [1.807, 2.05) is 11.8 Å². The molecular formula is C54H33NOS. The van der Waals surface area contributed by atoms with Crippen LogP contribution < -0.4 is 4.90 Å². The molecule has 0 bridgehead atoms. The largest absolute Gasteiger partial charge is 0.455 e. The van der Waals surface area contributed by atoms with Crippen LogP contribution in [0.3, 0.4) is 0 Å². The highest BCUT2D eigenvalue weighted by Gasteiger charge is 2.23. The van der Waals surface area contributed by atoms with Gasteiger partial charge in [-0.1, -0.05) is 157 Å². The molecule has 0 aliphatic carbocycles. The number of rotatable bonds is 5. The topological polar surface area (TPSA) is 16.4 Å². The van der Waals surface area contributed by atoms with Crippen LogP contribution in [0.1, 0.15) is 0 Å². The molecule has 1 aliphatic rings. The third-order valence-electron chi connectivity index (χ3n) is 11.6. The standard InChI is InChI=1S/C54H33NOS/c1-2-16-38(17-3-1)55(40-30-31-48-49(33-40)56-53-46-21-7-5-19-43(46)42-18-4-6-20-44(42)52(48)53)39-28-26-34(27-29-39)36-14-8-15-37(32-36)41-22-11-24-47-45-23-9-12-35-13-10-25-50(51(35)45)57-54(41)47/h1-33H. The highest BCUT2D eigenvalue weighted by molar-refractivity contribution is 8.00. The van der Waals surface area contributed by atoms with Gasteiger partial charge in [0.1, 0.15) is 11.2 Å². The average Bonchev–Trinajstić information content (AvgIpc) is 3.67. The number of benzene rings is 10. The maximum absolute atomic E-state index is 6.80.